The summed E-state index contributed by atoms with van der Waals surface area (Å²) in [6.07, 6.45) is 0.584. The molecule has 2 amide bonds. The van der Waals surface area contributed by atoms with Crippen molar-refractivity contribution in [3.05, 3.63) is 65.2 Å². The minimum atomic E-state index is -0.208. The molecule has 5 nitrogen and oxygen atoms in total. The fourth-order valence-corrected chi connectivity index (χ4v) is 1.95. The number of carbonyl (C=O) groups is 2. The molecule has 2 aromatic carbocycles. The third kappa shape index (κ3) is 3.90. The second kappa shape index (κ2) is 7.21. The Morgan fingerprint density at radius 1 is 1.05 bits per heavy atom. The molecule has 21 heavy (non-hydrogen) atoms. The Bertz CT molecular complexity index is 624. The van der Waals surface area contributed by atoms with Gasteiger partial charge in [-0.05, 0) is 35.4 Å². The van der Waals surface area contributed by atoms with Crippen LogP contribution in [0.25, 0.3) is 0 Å². The van der Waals surface area contributed by atoms with E-state index < -0.39 is 0 Å². The zero-order valence-corrected chi connectivity index (χ0v) is 11.4. The van der Waals surface area contributed by atoms with Gasteiger partial charge in [-0.1, -0.05) is 24.3 Å². The molecule has 0 unspecified atom stereocenters. The molecule has 0 aromatic heterocycles. The molecule has 0 aliphatic rings. The zero-order chi connectivity index (χ0) is 15.1. The predicted octanol–water partition coefficient (Wildman–Crippen LogP) is 1.68. The number of amides is 2. The molecule has 3 N–H and O–H groups in total. The summed E-state index contributed by atoms with van der Waals surface area (Å²) in [6, 6.07) is 14.0. The van der Waals surface area contributed by atoms with Gasteiger partial charge in [-0.15, -0.1) is 0 Å². The number of carbonyl (C=O) groups excluding carboxylic acids is 2. The van der Waals surface area contributed by atoms with Gasteiger partial charge in [0.15, 0.2) is 0 Å². The van der Waals surface area contributed by atoms with Crippen molar-refractivity contribution in [3.63, 3.8) is 0 Å². The lowest BCUT2D eigenvalue weighted by Gasteiger charge is -2.09. The van der Waals surface area contributed by atoms with Gasteiger partial charge in [0.05, 0.1) is 6.61 Å². The van der Waals surface area contributed by atoms with E-state index in [0.717, 1.165) is 11.1 Å². The second-order valence-corrected chi connectivity index (χ2v) is 4.45. The Morgan fingerprint density at radius 3 is 2.33 bits per heavy atom. The normalized spacial score (nSPS) is 9.95. The maximum absolute atomic E-state index is 12.0. The lowest BCUT2D eigenvalue weighted by atomic mass is 10.1. The van der Waals surface area contributed by atoms with Gasteiger partial charge >= 0.3 is 0 Å². The number of hydrogen-bond donors (Lipinski definition) is 3. The van der Waals surface area contributed by atoms with Gasteiger partial charge in [0.2, 0.25) is 6.41 Å². The molecule has 0 heterocycles. The molecule has 0 aliphatic heterocycles. The van der Waals surface area contributed by atoms with Crippen molar-refractivity contribution in [1.29, 1.82) is 0 Å². The first kappa shape index (κ1) is 14.7. The van der Waals surface area contributed by atoms with Crippen molar-refractivity contribution in [1.82, 2.24) is 5.32 Å². The number of benzene rings is 2. The van der Waals surface area contributed by atoms with Crippen LogP contribution >= 0.6 is 0 Å². The number of aliphatic hydroxyl groups excluding tert-OH is 1. The minimum Gasteiger partial charge on any atom is -0.392 e. The lowest BCUT2D eigenvalue weighted by molar-refractivity contribution is -0.105. The van der Waals surface area contributed by atoms with Gasteiger partial charge in [0.25, 0.3) is 5.91 Å². The Morgan fingerprint density at radius 2 is 1.71 bits per heavy atom. The standard InChI is InChI=1S/C16H16N2O3/c19-10-14-4-2-1-3-13(14)9-17-16(21)12-5-7-15(8-6-12)18-11-20/h1-8,11,19H,9-10H2,(H,17,21)(H,18,20). The maximum atomic E-state index is 12.0. The van der Waals surface area contributed by atoms with Crippen LogP contribution in [-0.4, -0.2) is 17.4 Å². The molecule has 5 heteroatoms. The number of anilines is 1. The number of hydrogen-bond acceptors (Lipinski definition) is 3. The number of rotatable bonds is 6. The van der Waals surface area contributed by atoms with Crippen molar-refractivity contribution in [2.45, 2.75) is 13.2 Å². The monoisotopic (exact) mass is 284 g/mol. The first-order chi connectivity index (χ1) is 10.2. The fraction of sp³-hybridized carbons (Fsp3) is 0.125. The van der Waals surface area contributed by atoms with E-state index >= 15 is 0 Å². The first-order valence-electron chi connectivity index (χ1n) is 6.50. The van der Waals surface area contributed by atoms with Crippen LogP contribution in [0.15, 0.2) is 48.5 Å². The highest BCUT2D eigenvalue weighted by atomic mass is 16.3. The summed E-state index contributed by atoms with van der Waals surface area (Å²) in [5.74, 6) is -0.208. The average Bonchev–Trinajstić information content (AvgIpc) is 2.54. The molecule has 0 saturated heterocycles. The molecular weight excluding hydrogens is 268 g/mol. The summed E-state index contributed by atoms with van der Waals surface area (Å²) >= 11 is 0. The molecule has 0 atom stereocenters. The molecule has 0 aliphatic carbocycles. The van der Waals surface area contributed by atoms with Crippen molar-refractivity contribution < 1.29 is 14.7 Å². The molecule has 0 saturated carbocycles. The highest BCUT2D eigenvalue weighted by Gasteiger charge is 2.06. The highest BCUT2D eigenvalue weighted by molar-refractivity contribution is 5.94. The van der Waals surface area contributed by atoms with Gasteiger partial charge in [0.1, 0.15) is 0 Å². The summed E-state index contributed by atoms with van der Waals surface area (Å²) in [5.41, 5.74) is 2.82. The van der Waals surface area contributed by atoms with E-state index in [9.17, 15) is 14.7 Å². The van der Waals surface area contributed by atoms with Gasteiger partial charge in [-0.25, -0.2) is 0 Å². The van der Waals surface area contributed by atoms with Crippen molar-refractivity contribution in [3.8, 4) is 0 Å². The van der Waals surface area contributed by atoms with Crippen molar-refractivity contribution >= 4 is 18.0 Å². The quantitative estimate of drug-likeness (QED) is 0.706. The fourth-order valence-electron chi connectivity index (χ4n) is 1.95. The second-order valence-electron chi connectivity index (χ2n) is 4.45. The largest absolute Gasteiger partial charge is 0.392 e. The molecule has 2 aromatic rings. The van der Waals surface area contributed by atoms with Gasteiger partial charge < -0.3 is 15.7 Å². The summed E-state index contributed by atoms with van der Waals surface area (Å²) in [4.78, 5) is 22.3. The molecular formula is C16H16N2O3. The minimum absolute atomic E-state index is 0.0574. The zero-order valence-electron chi connectivity index (χ0n) is 11.4. The summed E-state index contributed by atoms with van der Waals surface area (Å²) < 4.78 is 0. The topological polar surface area (TPSA) is 78.4 Å². The van der Waals surface area contributed by atoms with Crippen LogP contribution in [0.1, 0.15) is 21.5 Å². The van der Waals surface area contributed by atoms with E-state index in [-0.39, 0.29) is 12.5 Å². The Balaban J connectivity index is 1.99. The van der Waals surface area contributed by atoms with Gasteiger partial charge in [-0.2, -0.15) is 0 Å². The molecule has 0 bridgehead atoms. The van der Waals surface area contributed by atoms with Crippen molar-refractivity contribution in [2.24, 2.45) is 0 Å². The van der Waals surface area contributed by atoms with Crippen LogP contribution < -0.4 is 10.6 Å². The smallest absolute Gasteiger partial charge is 0.251 e. The number of aliphatic hydroxyl groups is 1. The first-order valence-corrected chi connectivity index (χ1v) is 6.50. The summed E-state index contributed by atoms with van der Waals surface area (Å²) in [5, 5.41) is 14.5. The molecule has 0 radical (unpaired) electrons. The van der Waals surface area contributed by atoms with Crippen LogP contribution in [0, 0.1) is 0 Å². The Kier molecular flexibility index (Phi) is 5.06. The molecule has 108 valence electrons. The van der Waals surface area contributed by atoms with E-state index in [2.05, 4.69) is 10.6 Å². The summed E-state index contributed by atoms with van der Waals surface area (Å²) in [6.45, 7) is 0.294. The van der Waals surface area contributed by atoms with E-state index in [1.807, 2.05) is 24.3 Å². The van der Waals surface area contributed by atoms with E-state index in [0.29, 0.717) is 24.2 Å². The Labute approximate surface area is 122 Å². The summed E-state index contributed by atoms with van der Waals surface area (Å²) in [7, 11) is 0. The predicted molar refractivity (Wildman–Crippen MR) is 79.7 cm³/mol. The highest BCUT2D eigenvalue weighted by Crippen LogP contribution is 2.10. The van der Waals surface area contributed by atoms with E-state index in [1.165, 1.54) is 0 Å². The van der Waals surface area contributed by atoms with Crippen LogP contribution in [0.4, 0.5) is 5.69 Å². The van der Waals surface area contributed by atoms with E-state index in [1.54, 1.807) is 24.3 Å². The van der Waals surface area contributed by atoms with Gasteiger partial charge in [-0.3, -0.25) is 9.59 Å². The van der Waals surface area contributed by atoms with Crippen LogP contribution in [-0.2, 0) is 17.9 Å². The average molecular weight is 284 g/mol. The molecule has 0 fully saturated rings. The Hall–Kier alpha value is -2.66. The van der Waals surface area contributed by atoms with Crippen molar-refractivity contribution in [2.75, 3.05) is 5.32 Å². The van der Waals surface area contributed by atoms with Crippen LogP contribution in [0.3, 0.4) is 0 Å². The molecule has 0 spiro atoms. The number of nitrogens with one attached hydrogen (secondary N) is 2. The SMILES string of the molecule is O=CNc1ccc(C(=O)NCc2ccccc2CO)cc1. The third-order valence-electron chi connectivity index (χ3n) is 3.10. The van der Waals surface area contributed by atoms with Crippen LogP contribution in [0.2, 0.25) is 0 Å². The van der Waals surface area contributed by atoms with E-state index in [4.69, 9.17) is 0 Å². The third-order valence-corrected chi connectivity index (χ3v) is 3.10. The van der Waals surface area contributed by atoms with Gasteiger partial charge in [0, 0.05) is 17.8 Å². The molecule has 2 rings (SSSR count). The lowest BCUT2D eigenvalue weighted by Crippen LogP contribution is -2.23. The van der Waals surface area contributed by atoms with Crippen LogP contribution in [0.5, 0.6) is 0 Å². The maximum Gasteiger partial charge on any atom is 0.251 e.